The Bertz CT molecular complexity index is 523. The van der Waals surface area contributed by atoms with Crippen molar-refractivity contribution in [2.75, 3.05) is 6.54 Å². The van der Waals surface area contributed by atoms with Crippen molar-refractivity contribution >= 4 is 11.9 Å². The first-order valence-corrected chi connectivity index (χ1v) is 5.82. The van der Waals surface area contributed by atoms with Gasteiger partial charge < -0.3 is 15.0 Å². The van der Waals surface area contributed by atoms with Crippen LogP contribution in [0.25, 0.3) is 0 Å². The lowest BCUT2D eigenvalue weighted by Crippen LogP contribution is -2.48. The van der Waals surface area contributed by atoms with Crippen molar-refractivity contribution in [2.45, 2.75) is 25.3 Å². The van der Waals surface area contributed by atoms with Crippen LogP contribution in [0, 0.1) is 0 Å². The molecule has 0 unspecified atom stereocenters. The fraction of sp³-hybridized carbons (Fsp3) is 0.417. The first-order chi connectivity index (χ1) is 8.59. The molecule has 1 aromatic rings. The predicted molar refractivity (Wildman–Crippen MR) is 63.4 cm³/mol. The number of aromatic nitrogens is 1. The molecule has 1 amide bonds. The van der Waals surface area contributed by atoms with Crippen LogP contribution in [0.3, 0.4) is 0 Å². The van der Waals surface area contributed by atoms with Crippen LogP contribution < -0.4 is 5.56 Å². The molecule has 0 saturated carbocycles. The number of carbonyl (C=O) groups is 2. The molecule has 1 atom stereocenters. The smallest absolute Gasteiger partial charge is 0.326 e. The molecule has 2 rings (SSSR count). The molecule has 0 radical (unpaired) electrons. The minimum absolute atomic E-state index is 0.229. The summed E-state index contributed by atoms with van der Waals surface area (Å²) in [6, 6.07) is 1.89. The quantitative estimate of drug-likeness (QED) is 0.797. The molecule has 1 fully saturated rings. The van der Waals surface area contributed by atoms with Gasteiger partial charge in [-0.25, -0.2) is 4.79 Å². The van der Waals surface area contributed by atoms with Crippen molar-refractivity contribution in [1.29, 1.82) is 0 Å². The standard InChI is InChI=1S/C12H14N2O4/c15-10-7-8(4-5-13-10)11(16)14-6-2-1-3-9(14)12(17)18/h4-5,7,9H,1-3,6H2,(H,13,15)(H,17,18)/t9-/m1/s1. The predicted octanol–water partition coefficient (Wildman–Crippen LogP) is 0.454. The molecule has 2 heterocycles. The molecule has 0 bridgehead atoms. The Balaban J connectivity index is 2.26. The summed E-state index contributed by atoms with van der Waals surface area (Å²) in [5, 5.41) is 9.10. The molecular formula is C12H14N2O4. The molecule has 6 heteroatoms. The highest BCUT2D eigenvalue weighted by atomic mass is 16.4. The Kier molecular flexibility index (Phi) is 3.45. The van der Waals surface area contributed by atoms with Gasteiger partial charge in [-0.3, -0.25) is 9.59 Å². The van der Waals surface area contributed by atoms with Gasteiger partial charge in [-0.1, -0.05) is 0 Å². The minimum atomic E-state index is -0.993. The molecule has 1 aromatic heterocycles. The number of carboxylic acid groups (broad SMARTS) is 1. The number of piperidine rings is 1. The van der Waals surface area contributed by atoms with E-state index in [0.29, 0.717) is 13.0 Å². The zero-order chi connectivity index (χ0) is 13.1. The monoisotopic (exact) mass is 250 g/mol. The van der Waals surface area contributed by atoms with Crippen molar-refractivity contribution in [2.24, 2.45) is 0 Å². The van der Waals surface area contributed by atoms with Crippen LogP contribution in [0.4, 0.5) is 0 Å². The van der Waals surface area contributed by atoms with E-state index in [9.17, 15) is 14.4 Å². The average Bonchev–Trinajstić information content (AvgIpc) is 2.38. The van der Waals surface area contributed by atoms with Crippen LogP contribution in [0.5, 0.6) is 0 Å². The summed E-state index contributed by atoms with van der Waals surface area (Å²) >= 11 is 0. The zero-order valence-electron chi connectivity index (χ0n) is 9.76. The summed E-state index contributed by atoms with van der Waals surface area (Å²) in [4.78, 5) is 38.2. The molecule has 1 aliphatic heterocycles. The van der Waals surface area contributed by atoms with Gasteiger partial charge in [0.15, 0.2) is 0 Å². The van der Waals surface area contributed by atoms with Crippen LogP contribution >= 0.6 is 0 Å². The normalized spacial score (nSPS) is 19.6. The number of nitrogens with zero attached hydrogens (tertiary/aromatic N) is 1. The average molecular weight is 250 g/mol. The SMILES string of the molecule is O=C(O)[C@H]1CCCCN1C(=O)c1cc[nH]c(=O)c1. The number of amides is 1. The number of H-pyrrole nitrogens is 1. The minimum Gasteiger partial charge on any atom is -0.480 e. The molecular weight excluding hydrogens is 236 g/mol. The van der Waals surface area contributed by atoms with E-state index >= 15 is 0 Å². The Morgan fingerprint density at radius 2 is 2.17 bits per heavy atom. The second-order valence-electron chi connectivity index (χ2n) is 4.29. The zero-order valence-corrected chi connectivity index (χ0v) is 9.76. The van der Waals surface area contributed by atoms with E-state index < -0.39 is 17.9 Å². The number of aromatic amines is 1. The Morgan fingerprint density at radius 3 is 2.83 bits per heavy atom. The van der Waals surface area contributed by atoms with Gasteiger partial charge in [-0.05, 0) is 25.3 Å². The number of hydrogen-bond donors (Lipinski definition) is 2. The topological polar surface area (TPSA) is 90.5 Å². The molecule has 0 aromatic carbocycles. The molecule has 96 valence electrons. The van der Waals surface area contributed by atoms with E-state index in [4.69, 9.17) is 5.11 Å². The van der Waals surface area contributed by atoms with Crippen molar-refractivity contribution in [3.05, 3.63) is 34.2 Å². The first kappa shape index (κ1) is 12.3. The summed E-state index contributed by atoms with van der Waals surface area (Å²) in [6.07, 6.45) is 3.44. The second kappa shape index (κ2) is 5.03. The maximum Gasteiger partial charge on any atom is 0.326 e. The van der Waals surface area contributed by atoms with Gasteiger partial charge in [0.05, 0.1) is 0 Å². The van der Waals surface area contributed by atoms with Crippen LogP contribution in [0.2, 0.25) is 0 Å². The van der Waals surface area contributed by atoms with Crippen LogP contribution in [-0.2, 0) is 4.79 Å². The van der Waals surface area contributed by atoms with Crippen molar-refractivity contribution in [3.8, 4) is 0 Å². The van der Waals surface area contributed by atoms with Gasteiger partial charge in [0.25, 0.3) is 5.91 Å². The van der Waals surface area contributed by atoms with Crippen molar-refractivity contribution in [3.63, 3.8) is 0 Å². The number of aliphatic carboxylic acids is 1. The van der Waals surface area contributed by atoms with Gasteiger partial charge in [-0.15, -0.1) is 0 Å². The van der Waals surface area contributed by atoms with Crippen LogP contribution in [0.15, 0.2) is 23.1 Å². The number of carboxylic acids is 1. The Labute approximate surface area is 103 Å². The van der Waals surface area contributed by atoms with Crippen LogP contribution in [-0.4, -0.2) is 39.5 Å². The molecule has 6 nitrogen and oxygen atoms in total. The fourth-order valence-electron chi connectivity index (χ4n) is 2.17. The molecule has 18 heavy (non-hydrogen) atoms. The van der Waals surface area contributed by atoms with Gasteiger partial charge >= 0.3 is 5.97 Å². The largest absolute Gasteiger partial charge is 0.480 e. The number of carbonyl (C=O) groups excluding carboxylic acids is 1. The Morgan fingerprint density at radius 1 is 1.39 bits per heavy atom. The van der Waals surface area contributed by atoms with Gasteiger partial charge in [-0.2, -0.15) is 0 Å². The Hall–Kier alpha value is -2.11. The van der Waals surface area contributed by atoms with Crippen molar-refractivity contribution < 1.29 is 14.7 Å². The summed E-state index contributed by atoms with van der Waals surface area (Å²) in [7, 11) is 0. The number of hydrogen-bond acceptors (Lipinski definition) is 3. The lowest BCUT2D eigenvalue weighted by Gasteiger charge is -2.32. The summed E-state index contributed by atoms with van der Waals surface area (Å²) in [6.45, 7) is 0.419. The maximum atomic E-state index is 12.2. The number of rotatable bonds is 2. The molecule has 2 N–H and O–H groups in total. The third kappa shape index (κ3) is 2.42. The summed E-state index contributed by atoms with van der Waals surface area (Å²) < 4.78 is 0. The van der Waals surface area contributed by atoms with E-state index in [1.807, 2.05) is 0 Å². The first-order valence-electron chi connectivity index (χ1n) is 5.82. The highest BCUT2D eigenvalue weighted by molar-refractivity contribution is 5.96. The highest BCUT2D eigenvalue weighted by Gasteiger charge is 2.32. The van der Waals surface area contributed by atoms with E-state index in [0.717, 1.165) is 12.8 Å². The third-order valence-electron chi connectivity index (χ3n) is 3.07. The molecule has 0 spiro atoms. The lowest BCUT2D eigenvalue weighted by molar-refractivity contribution is -0.143. The van der Waals surface area contributed by atoms with Gasteiger partial charge in [0, 0.05) is 24.4 Å². The van der Waals surface area contributed by atoms with E-state index in [1.54, 1.807) is 0 Å². The maximum absolute atomic E-state index is 12.2. The molecule has 0 aliphatic carbocycles. The van der Waals surface area contributed by atoms with Crippen molar-refractivity contribution in [1.82, 2.24) is 9.88 Å². The summed E-state index contributed by atoms with van der Waals surface area (Å²) in [5.74, 6) is -1.39. The van der Waals surface area contributed by atoms with E-state index in [1.165, 1.54) is 23.2 Å². The van der Waals surface area contributed by atoms with Crippen LogP contribution in [0.1, 0.15) is 29.6 Å². The molecule has 1 saturated heterocycles. The molecule has 1 aliphatic rings. The van der Waals surface area contributed by atoms with Gasteiger partial charge in [0.2, 0.25) is 5.56 Å². The third-order valence-corrected chi connectivity index (χ3v) is 3.07. The van der Waals surface area contributed by atoms with E-state index in [-0.39, 0.29) is 11.1 Å². The summed E-state index contributed by atoms with van der Waals surface area (Å²) in [5.41, 5.74) is -0.142. The fourth-order valence-corrected chi connectivity index (χ4v) is 2.17. The second-order valence-corrected chi connectivity index (χ2v) is 4.29. The van der Waals surface area contributed by atoms with Gasteiger partial charge in [0.1, 0.15) is 6.04 Å². The highest BCUT2D eigenvalue weighted by Crippen LogP contribution is 2.19. The number of pyridine rings is 1. The number of likely N-dealkylation sites (tertiary alicyclic amines) is 1. The van der Waals surface area contributed by atoms with E-state index in [2.05, 4.69) is 4.98 Å². The lowest BCUT2D eigenvalue weighted by atomic mass is 10.0. The number of nitrogens with one attached hydrogen (secondary N) is 1.